The zero-order valence-electron chi connectivity index (χ0n) is 16.0. The molecule has 0 radical (unpaired) electrons. The Hall–Kier alpha value is -1.21. The average molecular weight is 484 g/mol. The van der Waals surface area contributed by atoms with Crippen LogP contribution in [0.5, 0.6) is 5.75 Å². The van der Waals surface area contributed by atoms with E-state index in [1.807, 2.05) is 18.7 Å². The van der Waals surface area contributed by atoms with E-state index in [0.29, 0.717) is 10.8 Å². The number of hydrogen-bond acceptors (Lipinski definition) is 4. The first-order valence-corrected chi connectivity index (χ1v) is 11.6. The summed E-state index contributed by atoms with van der Waals surface area (Å²) in [6, 6.07) is 11.5. The van der Waals surface area contributed by atoms with E-state index in [4.69, 9.17) is 16.3 Å². The Bertz CT molecular complexity index is 843. The SMILES string of the molecule is Cc1ccc(CN2CCSCC2)cc1NC(=O)C(C)Oc1ccc(Cl)cc1Br. The Labute approximate surface area is 184 Å². The Morgan fingerprint density at radius 2 is 2.04 bits per heavy atom. The van der Waals surface area contributed by atoms with Crippen LogP contribution in [0.15, 0.2) is 40.9 Å². The summed E-state index contributed by atoms with van der Waals surface area (Å²) >= 11 is 11.4. The van der Waals surface area contributed by atoms with Crippen molar-refractivity contribution < 1.29 is 9.53 Å². The van der Waals surface area contributed by atoms with Crippen molar-refractivity contribution in [2.45, 2.75) is 26.5 Å². The fourth-order valence-electron chi connectivity index (χ4n) is 2.97. The number of nitrogens with zero attached hydrogens (tertiary/aromatic N) is 1. The van der Waals surface area contributed by atoms with Crippen LogP contribution in [0.2, 0.25) is 5.02 Å². The molecule has 1 saturated heterocycles. The van der Waals surface area contributed by atoms with Gasteiger partial charge < -0.3 is 10.1 Å². The molecule has 1 aliphatic heterocycles. The molecule has 1 N–H and O–H groups in total. The summed E-state index contributed by atoms with van der Waals surface area (Å²) in [6.07, 6.45) is -0.639. The fraction of sp³-hybridized carbons (Fsp3) is 0.381. The van der Waals surface area contributed by atoms with Gasteiger partial charge in [0.15, 0.2) is 6.10 Å². The Kier molecular flexibility index (Phi) is 7.69. The number of rotatable bonds is 6. The molecule has 0 bridgehead atoms. The van der Waals surface area contributed by atoms with Crippen molar-refractivity contribution in [1.82, 2.24) is 4.90 Å². The molecule has 28 heavy (non-hydrogen) atoms. The number of ether oxygens (including phenoxy) is 1. The predicted octanol–water partition coefficient (Wildman–Crippen LogP) is 5.37. The topological polar surface area (TPSA) is 41.6 Å². The van der Waals surface area contributed by atoms with E-state index in [1.165, 1.54) is 17.1 Å². The molecule has 0 saturated carbocycles. The van der Waals surface area contributed by atoms with Crippen LogP contribution in [-0.4, -0.2) is 41.5 Å². The van der Waals surface area contributed by atoms with Gasteiger partial charge in [-0.3, -0.25) is 9.69 Å². The Balaban J connectivity index is 1.64. The lowest BCUT2D eigenvalue weighted by molar-refractivity contribution is -0.122. The van der Waals surface area contributed by atoms with Crippen LogP contribution in [0.4, 0.5) is 5.69 Å². The number of carbonyl (C=O) groups excluding carboxylic acids is 1. The van der Waals surface area contributed by atoms with Gasteiger partial charge in [0, 0.05) is 41.8 Å². The second kappa shape index (κ2) is 10.0. The summed E-state index contributed by atoms with van der Waals surface area (Å²) in [7, 11) is 0. The minimum atomic E-state index is -0.639. The lowest BCUT2D eigenvalue weighted by atomic mass is 10.1. The lowest BCUT2D eigenvalue weighted by Crippen LogP contribution is -2.32. The average Bonchev–Trinajstić information content (AvgIpc) is 2.67. The molecule has 7 heteroatoms. The monoisotopic (exact) mass is 482 g/mol. The van der Waals surface area contributed by atoms with Crippen LogP contribution in [0.25, 0.3) is 0 Å². The second-order valence-electron chi connectivity index (χ2n) is 6.86. The summed E-state index contributed by atoms with van der Waals surface area (Å²) in [4.78, 5) is 15.1. The van der Waals surface area contributed by atoms with E-state index in [-0.39, 0.29) is 5.91 Å². The highest BCUT2D eigenvalue weighted by Crippen LogP contribution is 2.29. The van der Waals surface area contributed by atoms with E-state index in [2.05, 4.69) is 44.3 Å². The van der Waals surface area contributed by atoms with Crippen LogP contribution in [0.3, 0.4) is 0 Å². The maximum atomic E-state index is 12.7. The minimum Gasteiger partial charge on any atom is -0.480 e. The Morgan fingerprint density at radius 1 is 1.29 bits per heavy atom. The number of hydrogen-bond donors (Lipinski definition) is 1. The van der Waals surface area contributed by atoms with Crippen molar-refractivity contribution >= 4 is 50.9 Å². The highest BCUT2D eigenvalue weighted by atomic mass is 79.9. The smallest absolute Gasteiger partial charge is 0.265 e. The molecular weight excluding hydrogens is 460 g/mol. The number of halogens is 2. The maximum absolute atomic E-state index is 12.7. The summed E-state index contributed by atoms with van der Waals surface area (Å²) in [6.45, 7) is 6.87. The molecule has 2 aromatic rings. The summed E-state index contributed by atoms with van der Waals surface area (Å²) < 4.78 is 6.52. The van der Waals surface area contributed by atoms with Gasteiger partial charge in [0.25, 0.3) is 5.91 Å². The third kappa shape index (κ3) is 5.89. The zero-order chi connectivity index (χ0) is 20.1. The lowest BCUT2D eigenvalue weighted by Gasteiger charge is -2.26. The number of aryl methyl sites for hydroxylation is 1. The third-order valence-electron chi connectivity index (χ3n) is 4.64. The molecule has 1 atom stereocenters. The minimum absolute atomic E-state index is 0.184. The zero-order valence-corrected chi connectivity index (χ0v) is 19.2. The van der Waals surface area contributed by atoms with Gasteiger partial charge in [-0.05, 0) is 65.2 Å². The van der Waals surface area contributed by atoms with E-state index >= 15 is 0 Å². The van der Waals surface area contributed by atoms with Gasteiger partial charge in [-0.25, -0.2) is 0 Å². The second-order valence-corrected chi connectivity index (χ2v) is 9.38. The predicted molar refractivity (Wildman–Crippen MR) is 122 cm³/mol. The number of amides is 1. The van der Waals surface area contributed by atoms with Crippen molar-refractivity contribution in [3.63, 3.8) is 0 Å². The quantitative estimate of drug-likeness (QED) is 0.600. The van der Waals surface area contributed by atoms with Crippen LogP contribution in [0, 0.1) is 6.92 Å². The molecule has 1 amide bonds. The van der Waals surface area contributed by atoms with Gasteiger partial charge in [0.05, 0.1) is 4.47 Å². The third-order valence-corrected chi connectivity index (χ3v) is 6.43. The molecule has 1 unspecified atom stereocenters. The van der Waals surface area contributed by atoms with Crippen molar-refractivity contribution in [2.75, 3.05) is 29.9 Å². The molecule has 150 valence electrons. The fourth-order valence-corrected chi connectivity index (χ4v) is 4.72. The van der Waals surface area contributed by atoms with Gasteiger partial charge in [-0.15, -0.1) is 0 Å². The normalized spacial score (nSPS) is 15.9. The van der Waals surface area contributed by atoms with E-state index in [9.17, 15) is 4.79 Å². The standard InChI is InChI=1S/C21H24BrClN2O2S/c1-14-3-4-16(13-25-7-9-28-10-8-25)11-19(14)24-21(26)15(2)27-20-6-5-17(23)12-18(20)22/h3-6,11-12,15H,7-10,13H2,1-2H3,(H,24,26). The van der Waals surface area contributed by atoms with Gasteiger partial charge in [0.1, 0.15) is 5.75 Å². The molecular formula is C21H24BrClN2O2S. The molecule has 1 fully saturated rings. The summed E-state index contributed by atoms with van der Waals surface area (Å²) in [5, 5.41) is 3.62. The number of benzene rings is 2. The molecule has 1 heterocycles. The van der Waals surface area contributed by atoms with E-state index in [0.717, 1.165) is 35.4 Å². The van der Waals surface area contributed by atoms with Crippen molar-refractivity contribution in [1.29, 1.82) is 0 Å². The maximum Gasteiger partial charge on any atom is 0.265 e. The van der Waals surface area contributed by atoms with Crippen molar-refractivity contribution in [3.05, 3.63) is 57.0 Å². The first-order valence-electron chi connectivity index (χ1n) is 9.24. The van der Waals surface area contributed by atoms with E-state index in [1.54, 1.807) is 25.1 Å². The molecule has 2 aromatic carbocycles. The largest absolute Gasteiger partial charge is 0.480 e. The number of thioether (sulfide) groups is 1. The molecule has 4 nitrogen and oxygen atoms in total. The summed E-state index contributed by atoms with van der Waals surface area (Å²) in [5.41, 5.74) is 3.08. The molecule has 1 aliphatic rings. The van der Waals surface area contributed by atoms with Gasteiger partial charge in [-0.2, -0.15) is 11.8 Å². The van der Waals surface area contributed by atoms with Crippen molar-refractivity contribution in [3.8, 4) is 5.75 Å². The van der Waals surface area contributed by atoms with Gasteiger partial charge in [-0.1, -0.05) is 23.7 Å². The number of nitrogens with one attached hydrogen (secondary N) is 1. The van der Waals surface area contributed by atoms with Crippen LogP contribution >= 0.6 is 39.3 Å². The first-order chi connectivity index (χ1) is 13.4. The van der Waals surface area contributed by atoms with Gasteiger partial charge >= 0.3 is 0 Å². The molecule has 0 spiro atoms. The van der Waals surface area contributed by atoms with Crippen LogP contribution in [0.1, 0.15) is 18.1 Å². The first kappa shape index (κ1) is 21.5. The van der Waals surface area contributed by atoms with Crippen LogP contribution < -0.4 is 10.1 Å². The molecule has 3 rings (SSSR count). The summed E-state index contributed by atoms with van der Waals surface area (Å²) in [5.74, 6) is 2.77. The number of carbonyl (C=O) groups is 1. The Morgan fingerprint density at radius 3 is 2.75 bits per heavy atom. The van der Waals surface area contributed by atoms with Crippen LogP contribution in [-0.2, 0) is 11.3 Å². The molecule has 0 aromatic heterocycles. The van der Waals surface area contributed by atoms with Crippen molar-refractivity contribution in [2.24, 2.45) is 0 Å². The number of anilines is 1. The molecule has 0 aliphatic carbocycles. The van der Waals surface area contributed by atoms with E-state index < -0.39 is 6.10 Å². The van der Waals surface area contributed by atoms with Gasteiger partial charge in [0.2, 0.25) is 0 Å². The highest BCUT2D eigenvalue weighted by molar-refractivity contribution is 9.10. The highest BCUT2D eigenvalue weighted by Gasteiger charge is 2.18.